The maximum atomic E-state index is 10.6. The lowest BCUT2D eigenvalue weighted by atomic mass is 10.0. The van der Waals surface area contributed by atoms with Crippen LogP contribution in [-0.2, 0) is 11.2 Å². The van der Waals surface area contributed by atoms with Crippen LogP contribution in [0.4, 0.5) is 0 Å². The Hall–Kier alpha value is -1.77. The molecule has 3 nitrogen and oxygen atoms in total. The number of nitroso groups, excluding NO2 is 1. The van der Waals surface area contributed by atoms with Gasteiger partial charge >= 0.3 is 5.91 Å². The summed E-state index contributed by atoms with van der Waals surface area (Å²) >= 11 is 0. The fourth-order valence-electron chi connectivity index (χ4n) is 1.43. The molecule has 0 unspecified atom stereocenters. The summed E-state index contributed by atoms with van der Waals surface area (Å²) in [7, 11) is 0. The highest BCUT2D eigenvalue weighted by atomic mass is 16.3. The molecule has 0 fully saturated rings. The van der Waals surface area contributed by atoms with Gasteiger partial charge in [-0.05, 0) is 29.5 Å². The van der Waals surface area contributed by atoms with Gasteiger partial charge in [-0.3, -0.25) is 4.79 Å². The average Bonchev–Trinajstić information content (AvgIpc) is 2.27. The molecule has 3 heteroatoms. The highest BCUT2D eigenvalue weighted by Crippen LogP contribution is 2.10. The van der Waals surface area contributed by atoms with Crippen molar-refractivity contribution in [2.75, 3.05) is 0 Å². The van der Waals surface area contributed by atoms with Gasteiger partial charge in [-0.1, -0.05) is 38.1 Å². The van der Waals surface area contributed by atoms with Crippen LogP contribution in [0.5, 0.6) is 0 Å². The van der Waals surface area contributed by atoms with Crippen molar-refractivity contribution >= 4 is 12.0 Å². The van der Waals surface area contributed by atoms with E-state index in [1.165, 1.54) is 11.6 Å². The van der Waals surface area contributed by atoms with E-state index in [1.807, 2.05) is 24.3 Å². The summed E-state index contributed by atoms with van der Waals surface area (Å²) in [6, 6.07) is 7.90. The van der Waals surface area contributed by atoms with Crippen molar-refractivity contribution in [3.05, 3.63) is 46.4 Å². The van der Waals surface area contributed by atoms with Gasteiger partial charge in [0.25, 0.3) is 0 Å². The molecule has 0 saturated carbocycles. The molecule has 1 aromatic carbocycles. The van der Waals surface area contributed by atoms with Gasteiger partial charge in [0.2, 0.25) is 0 Å². The van der Waals surface area contributed by atoms with Crippen molar-refractivity contribution in [3.63, 3.8) is 0 Å². The van der Waals surface area contributed by atoms with E-state index in [4.69, 9.17) is 0 Å². The first-order chi connectivity index (χ1) is 7.61. The summed E-state index contributed by atoms with van der Waals surface area (Å²) in [4.78, 5) is 20.5. The lowest BCUT2D eigenvalue weighted by molar-refractivity contribution is -0.113. The van der Waals surface area contributed by atoms with Crippen molar-refractivity contribution in [1.29, 1.82) is 0 Å². The molecule has 0 spiro atoms. The smallest absolute Gasteiger partial charge is 0.264 e. The zero-order valence-corrected chi connectivity index (χ0v) is 9.51. The first kappa shape index (κ1) is 12.3. The fraction of sp³-hybridized carbons (Fsp3) is 0.308. The first-order valence-electron chi connectivity index (χ1n) is 5.26. The molecule has 0 aromatic heterocycles. The highest BCUT2D eigenvalue weighted by molar-refractivity contribution is 5.92. The number of hydrogen-bond donors (Lipinski definition) is 0. The molecule has 1 aromatic rings. The van der Waals surface area contributed by atoms with Gasteiger partial charge in [0.15, 0.2) is 0 Å². The van der Waals surface area contributed by atoms with Crippen LogP contribution in [0, 0.1) is 10.8 Å². The number of nitrogens with zero attached hydrogens (tertiary/aromatic N) is 1. The standard InChI is InChI=1S/C13H15NO2/c1-10(2)9-12-5-3-11(4-6-12)7-8-13(15)14-16/h3-8,10H,9H2,1-2H3/b8-7+. The third-order valence-electron chi connectivity index (χ3n) is 2.13. The van der Waals surface area contributed by atoms with Gasteiger partial charge < -0.3 is 0 Å². The second-order valence-corrected chi connectivity index (χ2v) is 4.10. The van der Waals surface area contributed by atoms with Crippen molar-refractivity contribution < 1.29 is 4.79 Å². The first-order valence-corrected chi connectivity index (χ1v) is 5.26. The lowest BCUT2D eigenvalue weighted by Gasteiger charge is -2.04. The Morgan fingerprint density at radius 1 is 1.31 bits per heavy atom. The van der Waals surface area contributed by atoms with Crippen molar-refractivity contribution in [3.8, 4) is 0 Å². The van der Waals surface area contributed by atoms with Gasteiger partial charge in [0.05, 0.1) is 0 Å². The molecule has 0 heterocycles. The van der Waals surface area contributed by atoms with Gasteiger partial charge in [-0.15, -0.1) is 4.91 Å². The third kappa shape index (κ3) is 4.17. The second-order valence-electron chi connectivity index (χ2n) is 4.10. The Balaban J connectivity index is 2.68. The molecule has 84 valence electrons. The van der Waals surface area contributed by atoms with Crippen molar-refractivity contribution in [2.45, 2.75) is 20.3 Å². The number of carbonyl (C=O) groups is 1. The van der Waals surface area contributed by atoms with Crippen LogP contribution in [0.3, 0.4) is 0 Å². The van der Waals surface area contributed by atoms with E-state index in [-0.39, 0.29) is 0 Å². The Kier molecular flexibility index (Phi) is 4.58. The Labute approximate surface area is 95.2 Å². The largest absolute Gasteiger partial charge is 0.309 e. The zero-order chi connectivity index (χ0) is 12.0. The van der Waals surface area contributed by atoms with Crippen molar-refractivity contribution in [1.82, 2.24) is 0 Å². The maximum Gasteiger partial charge on any atom is 0.309 e. The number of carbonyl (C=O) groups excluding carboxylic acids is 1. The van der Waals surface area contributed by atoms with Gasteiger partial charge in [-0.2, -0.15) is 0 Å². The Morgan fingerprint density at radius 2 is 1.94 bits per heavy atom. The minimum absolute atomic E-state index is 0.627. The third-order valence-corrected chi connectivity index (χ3v) is 2.13. The van der Waals surface area contributed by atoms with Crippen LogP contribution in [-0.4, -0.2) is 5.91 Å². The van der Waals surface area contributed by atoms with E-state index in [9.17, 15) is 9.70 Å². The quantitative estimate of drug-likeness (QED) is 0.574. The number of benzene rings is 1. The normalized spacial score (nSPS) is 10.9. The molecule has 0 N–H and O–H groups in total. The summed E-state index contributed by atoms with van der Waals surface area (Å²) in [6.07, 6.45) is 3.80. The minimum atomic E-state index is -0.758. The second kappa shape index (κ2) is 5.95. The summed E-state index contributed by atoms with van der Waals surface area (Å²) in [5, 5.41) is 2.28. The number of hydrogen-bond acceptors (Lipinski definition) is 2. The molecule has 0 aliphatic carbocycles. The molecule has 1 amide bonds. The van der Waals surface area contributed by atoms with Gasteiger partial charge in [0.1, 0.15) is 0 Å². The maximum absolute atomic E-state index is 10.6. The SMILES string of the molecule is CC(C)Cc1ccc(/C=C/C(=O)N=O)cc1. The van der Waals surface area contributed by atoms with E-state index in [0.717, 1.165) is 12.0 Å². The predicted molar refractivity (Wildman–Crippen MR) is 64.8 cm³/mol. The predicted octanol–water partition coefficient (Wildman–Crippen LogP) is 3.19. The summed E-state index contributed by atoms with van der Waals surface area (Å²) in [5.74, 6) is -0.131. The molecular formula is C13H15NO2. The molecule has 0 atom stereocenters. The van der Waals surface area contributed by atoms with Crippen molar-refractivity contribution in [2.24, 2.45) is 11.1 Å². The molecule has 16 heavy (non-hydrogen) atoms. The molecule has 0 radical (unpaired) electrons. The Bertz CT molecular complexity index is 391. The molecule has 0 aliphatic rings. The molecule has 0 aliphatic heterocycles. The van der Waals surface area contributed by atoms with E-state index in [0.29, 0.717) is 5.92 Å². The van der Waals surface area contributed by atoms with E-state index in [1.54, 1.807) is 6.08 Å². The summed E-state index contributed by atoms with van der Waals surface area (Å²) in [5.41, 5.74) is 2.16. The highest BCUT2D eigenvalue weighted by Gasteiger charge is 1.97. The van der Waals surface area contributed by atoms with Crippen LogP contribution in [0.15, 0.2) is 35.5 Å². The van der Waals surface area contributed by atoms with Gasteiger partial charge in [0, 0.05) is 11.3 Å². The monoisotopic (exact) mass is 217 g/mol. The minimum Gasteiger partial charge on any atom is -0.264 e. The molecule has 1 rings (SSSR count). The summed E-state index contributed by atoms with van der Waals surface area (Å²) in [6.45, 7) is 4.34. The lowest BCUT2D eigenvalue weighted by Crippen LogP contribution is -1.93. The van der Waals surface area contributed by atoms with Crippen LogP contribution in [0.25, 0.3) is 6.08 Å². The van der Waals surface area contributed by atoms with Crippen LogP contribution in [0.1, 0.15) is 25.0 Å². The van der Waals surface area contributed by atoms with Crippen LogP contribution in [0.2, 0.25) is 0 Å². The zero-order valence-electron chi connectivity index (χ0n) is 9.51. The molecule has 0 saturated heterocycles. The van der Waals surface area contributed by atoms with Crippen LogP contribution >= 0.6 is 0 Å². The molecular weight excluding hydrogens is 202 g/mol. The van der Waals surface area contributed by atoms with Gasteiger partial charge in [-0.25, -0.2) is 0 Å². The number of amides is 1. The van der Waals surface area contributed by atoms with E-state index in [2.05, 4.69) is 19.0 Å². The van der Waals surface area contributed by atoms with E-state index >= 15 is 0 Å². The topological polar surface area (TPSA) is 46.5 Å². The average molecular weight is 217 g/mol. The van der Waals surface area contributed by atoms with Crippen LogP contribution < -0.4 is 0 Å². The number of rotatable bonds is 4. The molecule has 0 bridgehead atoms. The fourth-order valence-corrected chi connectivity index (χ4v) is 1.43. The Morgan fingerprint density at radius 3 is 2.44 bits per heavy atom. The summed E-state index contributed by atoms with van der Waals surface area (Å²) < 4.78 is 0. The van der Waals surface area contributed by atoms with E-state index < -0.39 is 5.91 Å².